The molecule has 0 fully saturated rings. The Bertz CT molecular complexity index is 708. The van der Waals surface area contributed by atoms with Crippen molar-refractivity contribution in [3.8, 4) is 5.69 Å². The zero-order valence-electron chi connectivity index (χ0n) is 9.42. The highest BCUT2D eigenvalue weighted by Crippen LogP contribution is 2.22. The molecule has 4 nitrogen and oxygen atoms in total. The molecule has 1 heterocycles. The molecule has 0 aliphatic rings. The van der Waals surface area contributed by atoms with E-state index in [0.717, 1.165) is 20.9 Å². The van der Waals surface area contributed by atoms with E-state index >= 15 is 0 Å². The fourth-order valence-corrected chi connectivity index (χ4v) is 2.32. The van der Waals surface area contributed by atoms with E-state index in [1.807, 2.05) is 30.3 Å². The van der Waals surface area contributed by atoms with Crippen LogP contribution in [-0.4, -0.2) is 19.9 Å². The van der Waals surface area contributed by atoms with Gasteiger partial charge in [-0.2, -0.15) is 0 Å². The van der Waals surface area contributed by atoms with Crippen LogP contribution in [0.4, 0.5) is 0 Å². The third-order valence-corrected chi connectivity index (χ3v) is 3.32. The number of rotatable bonds is 2. The predicted molar refractivity (Wildman–Crippen MR) is 72.5 cm³/mol. The summed E-state index contributed by atoms with van der Waals surface area (Å²) in [5, 5.41) is 19.2. The van der Waals surface area contributed by atoms with Crippen molar-refractivity contribution >= 4 is 26.7 Å². The summed E-state index contributed by atoms with van der Waals surface area (Å²) in [5.41, 5.74) is 0.943. The van der Waals surface area contributed by atoms with Crippen LogP contribution in [0.2, 0.25) is 0 Å². The first-order chi connectivity index (χ1) is 8.78. The Morgan fingerprint density at radius 3 is 2.72 bits per heavy atom. The largest absolute Gasteiger partial charge is 0.388 e. The van der Waals surface area contributed by atoms with Gasteiger partial charge >= 0.3 is 0 Å². The SMILES string of the molecule is OCc1nncn1-c1ccc2cc(Br)ccc2c1. The molecule has 0 aliphatic heterocycles. The summed E-state index contributed by atoms with van der Waals surface area (Å²) in [6.45, 7) is -0.127. The van der Waals surface area contributed by atoms with Crippen LogP contribution in [0.25, 0.3) is 16.5 Å². The summed E-state index contributed by atoms with van der Waals surface area (Å²) in [6, 6.07) is 12.2. The van der Waals surface area contributed by atoms with Crippen molar-refractivity contribution in [3.05, 3.63) is 53.0 Å². The van der Waals surface area contributed by atoms with Crippen LogP contribution in [0.3, 0.4) is 0 Å². The lowest BCUT2D eigenvalue weighted by atomic mass is 10.1. The van der Waals surface area contributed by atoms with Gasteiger partial charge in [-0.15, -0.1) is 10.2 Å². The molecule has 3 rings (SSSR count). The number of nitrogens with zero attached hydrogens (tertiary/aromatic N) is 3. The van der Waals surface area contributed by atoms with E-state index in [2.05, 4.69) is 32.2 Å². The second-order valence-corrected chi connectivity index (χ2v) is 4.87. The second kappa shape index (κ2) is 4.51. The Hall–Kier alpha value is -1.72. The summed E-state index contributed by atoms with van der Waals surface area (Å²) >= 11 is 3.45. The Morgan fingerprint density at radius 1 is 1.11 bits per heavy atom. The molecule has 3 aromatic rings. The van der Waals surface area contributed by atoms with Crippen LogP contribution in [0, 0.1) is 0 Å². The van der Waals surface area contributed by atoms with E-state index in [4.69, 9.17) is 0 Å². The molecule has 18 heavy (non-hydrogen) atoms. The molecule has 1 N–H and O–H groups in total. The molecule has 0 bridgehead atoms. The standard InChI is InChI=1S/C13H10BrN3O/c14-11-3-1-10-6-12(4-2-9(10)5-11)17-8-15-16-13(17)7-18/h1-6,8,18H,7H2. The minimum Gasteiger partial charge on any atom is -0.388 e. The number of hydrogen-bond acceptors (Lipinski definition) is 3. The first-order valence-electron chi connectivity index (χ1n) is 5.47. The summed E-state index contributed by atoms with van der Waals surface area (Å²) in [7, 11) is 0. The third kappa shape index (κ3) is 1.91. The first-order valence-corrected chi connectivity index (χ1v) is 6.27. The van der Waals surface area contributed by atoms with Crippen LogP contribution in [0.1, 0.15) is 5.82 Å². The van der Waals surface area contributed by atoms with Crippen molar-refractivity contribution in [2.24, 2.45) is 0 Å². The lowest BCUT2D eigenvalue weighted by Gasteiger charge is -2.06. The van der Waals surface area contributed by atoms with Crippen molar-refractivity contribution in [2.75, 3.05) is 0 Å². The van der Waals surface area contributed by atoms with Crippen molar-refractivity contribution in [3.63, 3.8) is 0 Å². The maximum Gasteiger partial charge on any atom is 0.163 e. The van der Waals surface area contributed by atoms with Gasteiger partial charge in [0.05, 0.1) is 0 Å². The Balaban J connectivity index is 2.16. The van der Waals surface area contributed by atoms with Crippen LogP contribution >= 0.6 is 15.9 Å². The second-order valence-electron chi connectivity index (χ2n) is 3.95. The lowest BCUT2D eigenvalue weighted by molar-refractivity contribution is 0.269. The van der Waals surface area contributed by atoms with Gasteiger partial charge in [0.2, 0.25) is 0 Å². The van der Waals surface area contributed by atoms with E-state index < -0.39 is 0 Å². The number of benzene rings is 2. The molecule has 0 atom stereocenters. The molecule has 1 aromatic heterocycles. The smallest absolute Gasteiger partial charge is 0.163 e. The predicted octanol–water partition coefficient (Wildman–Crippen LogP) is 2.68. The Kier molecular flexibility index (Phi) is 2.85. The van der Waals surface area contributed by atoms with Gasteiger partial charge < -0.3 is 5.11 Å². The molecule has 0 spiro atoms. The van der Waals surface area contributed by atoms with Gasteiger partial charge in [-0.1, -0.05) is 28.1 Å². The maximum atomic E-state index is 9.19. The summed E-state index contributed by atoms with van der Waals surface area (Å²) < 4.78 is 2.84. The van der Waals surface area contributed by atoms with Crippen LogP contribution in [0.5, 0.6) is 0 Å². The highest BCUT2D eigenvalue weighted by molar-refractivity contribution is 9.10. The minimum atomic E-state index is -0.127. The third-order valence-electron chi connectivity index (χ3n) is 2.82. The average molecular weight is 304 g/mol. The summed E-state index contributed by atoms with van der Waals surface area (Å²) in [4.78, 5) is 0. The van der Waals surface area contributed by atoms with Crippen LogP contribution in [-0.2, 0) is 6.61 Å². The summed E-state index contributed by atoms with van der Waals surface area (Å²) in [6.07, 6.45) is 1.60. The Labute approximate surface area is 112 Å². The normalized spacial score (nSPS) is 11.0. The number of aromatic nitrogens is 3. The number of halogens is 1. The molecule has 0 saturated heterocycles. The van der Waals surface area contributed by atoms with Crippen molar-refractivity contribution in [2.45, 2.75) is 6.61 Å². The monoisotopic (exact) mass is 303 g/mol. The van der Waals surface area contributed by atoms with Crippen molar-refractivity contribution < 1.29 is 5.11 Å². The van der Waals surface area contributed by atoms with Crippen LogP contribution in [0.15, 0.2) is 47.2 Å². The number of hydrogen-bond donors (Lipinski definition) is 1. The molecule has 0 unspecified atom stereocenters. The highest BCUT2D eigenvalue weighted by Gasteiger charge is 2.05. The van der Waals surface area contributed by atoms with Gasteiger partial charge in [0.1, 0.15) is 12.9 Å². The molecule has 90 valence electrons. The molecular formula is C13H10BrN3O. The molecule has 0 aliphatic carbocycles. The maximum absolute atomic E-state index is 9.19. The highest BCUT2D eigenvalue weighted by atomic mass is 79.9. The zero-order chi connectivity index (χ0) is 12.5. The van der Waals surface area contributed by atoms with E-state index in [0.29, 0.717) is 5.82 Å². The quantitative estimate of drug-likeness (QED) is 0.792. The van der Waals surface area contributed by atoms with Gasteiger partial charge in [-0.25, -0.2) is 0 Å². The van der Waals surface area contributed by atoms with Gasteiger partial charge in [-0.05, 0) is 35.0 Å². The molecule has 0 saturated carbocycles. The fraction of sp³-hybridized carbons (Fsp3) is 0.0769. The lowest BCUT2D eigenvalue weighted by Crippen LogP contribution is -1.99. The molecule has 0 radical (unpaired) electrons. The van der Waals surface area contributed by atoms with E-state index in [1.165, 1.54) is 0 Å². The molecule has 2 aromatic carbocycles. The molecular weight excluding hydrogens is 294 g/mol. The average Bonchev–Trinajstić information content (AvgIpc) is 2.86. The molecule has 0 amide bonds. The first kappa shape index (κ1) is 11.4. The number of aliphatic hydroxyl groups is 1. The van der Waals surface area contributed by atoms with Gasteiger partial charge in [0.25, 0.3) is 0 Å². The van der Waals surface area contributed by atoms with Gasteiger partial charge in [0, 0.05) is 10.2 Å². The topological polar surface area (TPSA) is 50.9 Å². The van der Waals surface area contributed by atoms with E-state index in [9.17, 15) is 5.11 Å². The number of aliphatic hydroxyl groups excluding tert-OH is 1. The Morgan fingerprint density at radius 2 is 1.89 bits per heavy atom. The fourth-order valence-electron chi connectivity index (χ4n) is 1.94. The number of fused-ring (bicyclic) bond motifs is 1. The minimum absolute atomic E-state index is 0.127. The summed E-state index contributed by atoms with van der Waals surface area (Å²) in [5.74, 6) is 0.534. The van der Waals surface area contributed by atoms with Gasteiger partial charge in [0.15, 0.2) is 5.82 Å². The van der Waals surface area contributed by atoms with Crippen molar-refractivity contribution in [1.29, 1.82) is 0 Å². The zero-order valence-corrected chi connectivity index (χ0v) is 11.0. The van der Waals surface area contributed by atoms with Gasteiger partial charge in [-0.3, -0.25) is 4.57 Å². The van der Waals surface area contributed by atoms with Crippen molar-refractivity contribution in [1.82, 2.24) is 14.8 Å². The molecule has 5 heteroatoms. The van der Waals surface area contributed by atoms with Crippen LogP contribution < -0.4 is 0 Å². The van der Waals surface area contributed by atoms with E-state index in [-0.39, 0.29) is 6.61 Å². The van der Waals surface area contributed by atoms with E-state index in [1.54, 1.807) is 10.9 Å².